The molecule has 0 N–H and O–H groups in total. The molecular formula is C25H14ClNOS. The molecule has 0 radical (unpaired) electrons. The summed E-state index contributed by atoms with van der Waals surface area (Å²) >= 11 is 7.87. The Morgan fingerprint density at radius 2 is 1.41 bits per heavy atom. The maximum absolute atomic E-state index is 6.14. The van der Waals surface area contributed by atoms with Gasteiger partial charge in [0.05, 0.1) is 0 Å². The molecule has 2 heterocycles. The van der Waals surface area contributed by atoms with Crippen molar-refractivity contribution in [3.8, 4) is 22.6 Å². The molecule has 0 spiro atoms. The van der Waals surface area contributed by atoms with E-state index in [4.69, 9.17) is 21.0 Å². The number of benzene rings is 4. The number of fused-ring (bicyclic) bond motifs is 4. The Bertz CT molecular complexity index is 1500. The van der Waals surface area contributed by atoms with Gasteiger partial charge in [-0.1, -0.05) is 60.1 Å². The van der Waals surface area contributed by atoms with E-state index in [9.17, 15) is 0 Å². The molecule has 138 valence electrons. The fourth-order valence-corrected chi connectivity index (χ4v) is 5.13. The fourth-order valence-electron chi connectivity index (χ4n) is 3.73. The third-order valence-electron chi connectivity index (χ3n) is 5.18. The minimum Gasteiger partial charge on any atom is -0.436 e. The van der Waals surface area contributed by atoms with Crippen LogP contribution in [0.25, 0.3) is 53.9 Å². The zero-order valence-corrected chi connectivity index (χ0v) is 16.8. The van der Waals surface area contributed by atoms with Crippen LogP contribution in [-0.2, 0) is 0 Å². The number of aromatic nitrogens is 1. The Hall–Kier alpha value is -3.14. The highest BCUT2D eigenvalue weighted by atomic mass is 35.5. The van der Waals surface area contributed by atoms with Gasteiger partial charge in [0.2, 0.25) is 5.89 Å². The summed E-state index contributed by atoms with van der Waals surface area (Å²) in [4.78, 5) is 4.74. The molecule has 4 aromatic carbocycles. The van der Waals surface area contributed by atoms with Crippen molar-refractivity contribution < 1.29 is 4.42 Å². The maximum Gasteiger partial charge on any atom is 0.227 e. The number of nitrogens with zero attached hydrogens (tertiary/aromatic N) is 1. The van der Waals surface area contributed by atoms with Gasteiger partial charge in [0, 0.05) is 30.8 Å². The van der Waals surface area contributed by atoms with Gasteiger partial charge in [-0.3, -0.25) is 0 Å². The Balaban J connectivity index is 1.44. The van der Waals surface area contributed by atoms with E-state index in [0.29, 0.717) is 5.89 Å². The van der Waals surface area contributed by atoms with Crippen molar-refractivity contribution in [2.75, 3.05) is 0 Å². The van der Waals surface area contributed by atoms with Crippen LogP contribution in [0.15, 0.2) is 89.3 Å². The smallest absolute Gasteiger partial charge is 0.227 e. The third kappa shape index (κ3) is 2.82. The zero-order chi connectivity index (χ0) is 19.4. The molecule has 0 fully saturated rings. The average molecular weight is 412 g/mol. The molecule has 4 heteroatoms. The van der Waals surface area contributed by atoms with E-state index < -0.39 is 0 Å². The summed E-state index contributed by atoms with van der Waals surface area (Å²) in [5.74, 6) is 0.643. The molecule has 0 bridgehead atoms. The summed E-state index contributed by atoms with van der Waals surface area (Å²) < 4.78 is 8.48. The van der Waals surface area contributed by atoms with Gasteiger partial charge in [-0.25, -0.2) is 4.98 Å². The second kappa shape index (κ2) is 6.45. The lowest BCUT2D eigenvalue weighted by Gasteiger charge is -2.02. The third-order valence-corrected chi connectivity index (χ3v) is 6.53. The number of hydrogen-bond acceptors (Lipinski definition) is 3. The van der Waals surface area contributed by atoms with Crippen LogP contribution in [0.2, 0.25) is 5.02 Å². The molecule has 0 atom stereocenters. The number of hydrogen-bond donors (Lipinski definition) is 0. The van der Waals surface area contributed by atoms with Crippen LogP contribution in [-0.4, -0.2) is 4.98 Å². The summed E-state index contributed by atoms with van der Waals surface area (Å²) in [6, 6.07) is 28.9. The van der Waals surface area contributed by atoms with Gasteiger partial charge in [0.25, 0.3) is 0 Å². The average Bonchev–Trinajstić information content (AvgIpc) is 3.32. The van der Waals surface area contributed by atoms with E-state index >= 15 is 0 Å². The zero-order valence-electron chi connectivity index (χ0n) is 15.2. The molecular weight excluding hydrogens is 398 g/mol. The molecule has 6 rings (SSSR count). The first-order valence-corrected chi connectivity index (χ1v) is 10.5. The number of thiophene rings is 1. The van der Waals surface area contributed by atoms with Gasteiger partial charge in [-0.15, -0.1) is 11.3 Å². The summed E-state index contributed by atoms with van der Waals surface area (Å²) in [5, 5.41) is 3.13. The largest absolute Gasteiger partial charge is 0.436 e. The quantitative estimate of drug-likeness (QED) is 0.287. The first-order valence-electron chi connectivity index (χ1n) is 9.33. The number of halogens is 1. The highest BCUT2D eigenvalue weighted by Crippen LogP contribution is 2.38. The van der Waals surface area contributed by atoms with Crippen LogP contribution in [0.4, 0.5) is 0 Å². The first-order chi connectivity index (χ1) is 14.2. The Labute approximate surface area is 176 Å². The van der Waals surface area contributed by atoms with E-state index in [1.54, 1.807) is 11.3 Å². The number of rotatable bonds is 2. The molecule has 0 aliphatic heterocycles. The Kier molecular flexibility index (Phi) is 3.73. The first kappa shape index (κ1) is 16.8. The van der Waals surface area contributed by atoms with Crippen LogP contribution in [0, 0.1) is 0 Å². The van der Waals surface area contributed by atoms with E-state index in [-0.39, 0.29) is 0 Å². The minimum absolute atomic E-state index is 0.643. The van der Waals surface area contributed by atoms with E-state index in [2.05, 4.69) is 54.6 Å². The van der Waals surface area contributed by atoms with E-state index in [1.807, 2.05) is 30.3 Å². The molecule has 0 aliphatic carbocycles. The standard InChI is InChI=1S/C25H14ClNOS/c26-18-10-11-19-20-13-22-21(14-24(20)29-23(19)12-18)27-25(28-22)17-8-6-16(7-9-17)15-4-2-1-3-5-15/h1-14H. The fraction of sp³-hybridized carbons (Fsp3) is 0. The van der Waals surface area contributed by atoms with Crippen molar-refractivity contribution in [2.45, 2.75) is 0 Å². The summed E-state index contributed by atoms with van der Waals surface area (Å²) in [6.45, 7) is 0. The van der Waals surface area contributed by atoms with Crippen molar-refractivity contribution in [3.05, 3.63) is 90.0 Å². The van der Waals surface area contributed by atoms with E-state index in [1.165, 1.54) is 31.3 Å². The van der Waals surface area contributed by atoms with Crippen molar-refractivity contribution in [2.24, 2.45) is 0 Å². The lowest BCUT2D eigenvalue weighted by atomic mass is 10.0. The van der Waals surface area contributed by atoms with Crippen molar-refractivity contribution in [3.63, 3.8) is 0 Å². The van der Waals surface area contributed by atoms with Gasteiger partial charge < -0.3 is 4.42 Å². The van der Waals surface area contributed by atoms with Gasteiger partial charge in [-0.05, 0) is 47.5 Å². The summed E-state index contributed by atoms with van der Waals surface area (Å²) in [6.07, 6.45) is 0. The number of oxazole rings is 1. The molecule has 0 saturated carbocycles. The van der Waals surface area contributed by atoms with Crippen molar-refractivity contribution in [1.82, 2.24) is 4.98 Å². The van der Waals surface area contributed by atoms with Crippen LogP contribution in [0.5, 0.6) is 0 Å². The Morgan fingerprint density at radius 3 is 2.24 bits per heavy atom. The highest BCUT2D eigenvalue weighted by molar-refractivity contribution is 7.25. The van der Waals surface area contributed by atoms with Crippen LogP contribution >= 0.6 is 22.9 Å². The predicted octanol–water partition coefficient (Wildman–Crippen LogP) is 8.18. The van der Waals surface area contributed by atoms with Gasteiger partial charge in [-0.2, -0.15) is 0 Å². The van der Waals surface area contributed by atoms with Crippen LogP contribution < -0.4 is 0 Å². The molecule has 0 amide bonds. The maximum atomic E-state index is 6.14. The normalized spacial score (nSPS) is 11.6. The van der Waals surface area contributed by atoms with Crippen molar-refractivity contribution in [1.29, 1.82) is 0 Å². The second-order valence-corrected chi connectivity index (χ2v) is 8.54. The lowest BCUT2D eigenvalue weighted by molar-refractivity contribution is 0.620. The van der Waals surface area contributed by atoms with Gasteiger partial charge in [0.15, 0.2) is 5.58 Å². The molecule has 0 saturated heterocycles. The summed E-state index contributed by atoms with van der Waals surface area (Å²) in [7, 11) is 0. The van der Waals surface area contributed by atoms with Crippen molar-refractivity contribution >= 4 is 54.2 Å². The SMILES string of the molecule is Clc1ccc2c(c1)sc1cc3nc(-c4ccc(-c5ccccc5)cc4)oc3cc12. The second-order valence-electron chi connectivity index (χ2n) is 7.02. The molecule has 6 aromatic rings. The molecule has 0 unspecified atom stereocenters. The molecule has 0 aliphatic rings. The van der Waals surface area contributed by atoms with Crippen LogP contribution in [0.1, 0.15) is 0 Å². The molecule has 29 heavy (non-hydrogen) atoms. The van der Waals surface area contributed by atoms with Gasteiger partial charge in [0.1, 0.15) is 5.52 Å². The highest BCUT2D eigenvalue weighted by Gasteiger charge is 2.13. The topological polar surface area (TPSA) is 26.0 Å². The summed E-state index contributed by atoms with van der Waals surface area (Å²) in [5.41, 5.74) is 5.02. The lowest BCUT2D eigenvalue weighted by Crippen LogP contribution is -1.79. The van der Waals surface area contributed by atoms with E-state index in [0.717, 1.165) is 21.7 Å². The predicted molar refractivity (Wildman–Crippen MR) is 123 cm³/mol. The monoisotopic (exact) mass is 411 g/mol. The Morgan fingerprint density at radius 1 is 0.690 bits per heavy atom. The molecule has 2 nitrogen and oxygen atoms in total. The van der Waals surface area contributed by atoms with Gasteiger partial charge >= 0.3 is 0 Å². The molecule has 2 aromatic heterocycles. The minimum atomic E-state index is 0.643. The van der Waals surface area contributed by atoms with Crippen LogP contribution in [0.3, 0.4) is 0 Å².